The Bertz CT molecular complexity index is 663. The first-order valence-electron chi connectivity index (χ1n) is 6.16. The quantitative estimate of drug-likeness (QED) is 0.671. The molecular formula is C14H17ClN4O. The van der Waals surface area contributed by atoms with Crippen LogP contribution in [0.1, 0.15) is 22.4 Å². The van der Waals surface area contributed by atoms with Crippen molar-refractivity contribution in [3.05, 3.63) is 45.7 Å². The molecule has 0 aliphatic carbocycles. The van der Waals surface area contributed by atoms with Gasteiger partial charge >= 0.3 is 0 Å². The predicted molar refractivity (Wildman–Crippen MR) is 79.5 cm³/mol. The highest BCUT2D eigenvalue weighted by atomic mass is 35.5. The highest BCUT2D eigenvalue weighted by Gasteiger charge is 2.12. The van der Waals surface area contributed by atoms with Gasteiger partial charge in [-0.1, -0.05) is 23.7 Å². The monoisotopic (exact) mass is 292 g/mol. The molecule has 0 saturated heterocycles. The molecular weight excluding hydrogens is 276 g/mol. The zero-order valence-electron chi connectivity index (χ0n) is 11.7. The van der Waals surface area contributed by atoms with Crippen molar-refractivity contribution in [3.8, 4) is 5.75 Å². The molecule has 2 aromatic rings. The highest BCUT2D eigenvalue weighted by Crippen LogP contribution is 2.24. The summed E-state index contributed by atoms with van der Waals surface area (Å²) in [5.74, 6) is 0.711. The van der Waals surface area contributed by atoms with Crippen LogP contribution >= 0.6 is 11.6 Å². The van der Waals surface area contributed by atoms with E-state index in [2.05, 4.69) is 5.10 Å². The number of benzene rings is 1. The zero-order valence-corrected chi connectivity index (χ0v) is 12.5. The van der Waals surface area contributed by atoms with Crippen molar-refractivity contribution in [2.45, 2.75) is 20.5 Å². The SMILES string of the molecule is Cc1ccc(C(=N)N)cc1OCc1c(C)nn(C)c1Cl. The Morgan fingerprint density at radius 1 is 1.45 bits per heavy atom. The largest absolute Gasteiger partial charge is 0.488 e. The van der Waals surface area contributed by atoms with Gasteiger partial charge in [0, 0.05) is 18.2 Å². The summed E-state index contributed by atoms with van der Waals surface area (Å²) in [5, 5.41) is 12.3. The van der Waals surface area contributed by atoms with Crippen LogP contribution in [0.5, 0.6) is 5.75 Å². The summed E-state index contributed by atoms with van der Waals surface area (Å²) in [6.45, 7) is 4.17. The summed E-state index contributed by atoms with van der Waals surface area (Å²) in [5.41, 5.74) is 8.81. The molecule has 2 rings (SSSR count). The van der Waals surface area contributed by atoms with E-state index in [1.54, 1.807) is 23.9 Å². The maximum absolute atomic E-state index is 7.46. The Balaban J connectivity index is 2.22. The Kier molecular flexibility index (Phi) is 3.99. The van der Waals surface area contributed by atoms with E-state index < -0.39 is 0 Å². The average molecular weight is 293 g/mol. The molecule has 20 heavy (non-hydrogen) atoms. The van der Waals surface area contributed by atoms with E-state index in [0.29, 0.717) is 23.1 Å². The summed E-state index contributed by atoms with van der Waals surface area (Å²) in [7, 11) is 1.79. The number of nitrogens with two attached hydrogens (primary N) is 1. The highest BCUT2D eigenvalue weighted by molar-refractivity contribution is 6.30. The first-order valence-corrected chi connectivity index (χ1v) is 6.53. The molecule has 0 spiro atoms. The van der Waals surface area contributed by atoms with Crippen LogP contribution < -0.4 is 10.5 Å². The van der Waals surface area contributed by atoms with Gasteiger partial charge in [0.05, 0.1) is 5.69 Å². The van der Waals surface area contributed by atoms with E-state index in [1.165, 1.54) is 0 Å². The van der Waals surface area contributed by atoms with Crippen LogP contribution in [0.4, 0.5) is 0 Å². The number of halogens is 1. The third-order valence-electron chi connectivity index (χ3n) is 3.14. The van der Waals surface area contributed by atoms with Crippen LogP contribution in [0.3, 0.4) is 0 Å². The minimum Gasteiger partial charge on any atom is -0.488 e. The van der Waals surface area contributed by atoms with Crippen LogP contribution in [-0.2, 0) is 13.7 Å². The van der Waals surface area contributed by atoms with E-state index in [1.807, 2.05) is 19.9 Å². The molecule has 6 heteroatoms. The topological polar surface area (TPSA) is 76.9 Å². The molecule has 1 aromatic carbocycles. The van der Waals surface area contributed by atoms with Crippen LogP contribution in [-0.4, -0.2) is 15.6 Å². The van der Waals surface area contributed by atoms with Gasteiger partial charge in [0.1, 0.15) is 23.3 Å². The lowest BCUT2D eigenvalue weighted by Crippen LogP contribution is -2.11. The lowest BCUT2D eigenvalue weighted by atomic mass is 10.1. The molecule has 106 valence electrons. The Labute approximate surface area is 122 Å². The molecule has 0 aliphatic rings. The van der Waals surface area contributed by atoms with Crippen LogP contribution in [0, 0.1) is 19.3 Å². The smallest absolute Gasteiger partial charge is 0.133 e. The Morgan fingerprint density at radius 2 is 2.15 bits per heavy atom. The number of ether oxygens (including phenoxy) is 1. The van der Waals surface area contributed by atoms with E-state index in [9.17, 15) is 0 Å². The first-order chi connectivity index (χ1) is 9.40. The van der Waals surface area contributed by atoms with Crippen LogP contribution in [0.15, 0.2) is 18.2 Å². The Morgan fingerprint density at radius 3 is 2.70 bits per heavy atom. The van der Waals surface area contributed by atoms with Gasteiger partial charge in [-0.2, -0.15) is 5.10 Å². The molecule has 3 N–H and O–H groups in total. The minimum atomic E-state index is 0.0189. The maximum Gasteiger partial charge on any atom is 0.133 e. The third kappa shape index (κ3) is 2.77. The summed E-state index contributed by atoms with van der Waals surface area (Å²) in [6, 6.07) is 5.44. The summed E-state index contributed by atoms with van der Waals surface area (Å²) in [4.78, 5) is 0. The number of aromatic nitrogens is 2. The van der Waals surface area contributed by atoms with Crippen molar-refractivity contribution in [2.24, 2.45) is 12.8 Å². The molecule has 0 atom stereocenters. The number of aryl methyl sites for hydroxylation is 3. The first kappa shape index (κ1) is 14.4. The van der Waals surface area contributed by atoms with E-state index in [0.717, 1.165) is 16.8 Å². The lowest BCUT2D eigenvalue weighted by Gasteiger charge is -2.10. The zero-order chi connectivity index (χ0) is 14.9. The molecule has 0 bridgehead atoms. The van der Waals surface area contributed by atoms with Crippen molar-refractivity contribution < 1.29 is 4.74 Å². The third-order valence-corrected chi connectivity index (χ3v) is 3.61. The van der Waals surface area contributed by atoms with E-state index in [-0.39, 0.29) is 5.84 Å². The van der Waals surface area contributed by atoms with Gasteiger partial charge < -0.3 is 10.5 Å². The second-order valence-electron chi connectivity index (χ2n) is 4.66. The number of nitrogens with zero attached hydrogens (tertiary/aromatic N) is 2. The number of rotatable bonds is 4. The van der Waals surface area contributed by atoms with Crippen molar-refractivity contribution >= 4 is 17.4 Å². The standard InChI is InChI=1S/C14H17ClN4O/c1-8-4-5-10(14(16)17)6-12(8)20-7-11-9(2)18-19(3)13(11)15/h4-6H,7H2,1-3H3,(H3,16,17). The molecule has 1 aromatic heterocycles. The Hall–Kier alpha value is -2.01. The second kappa shape index (κ2) is 5.54. The average Bonchev–Trinajstić information content (AvgIpc) is 2.63. The summed E-state index contributed by atoms with van der Waals surface area (Å²) >= 11 is 6.17. The number of nitrogens with one attached hydrogen (secondary N) is 1. The maximum atomic E-state index is 7.46. The summed E-state index contributed by atoms with van der Waals surface area (Å²) < 4.78 is 7.42. The fourth-order valence-electron chi connectivity index (χ4n) is 1.91. The lowest BCUT2D eigenvalue weighted by molar-refractivity contribution is 0.303. The number of hydrogen-bond donors (Lipinski definition) is 2. The van der Waals surface area contributed by atoms with Crippen LogP contribution in [0.25, 0.3) is 0 Å². The number of amidine groups is 1. The van der Waals surface area contributed by atoms with Crippen molar-refractivity contribution in [2.75, 3.05) is 0 Å². The predicted octanol–water partition coefficient (Wildman–Crippen LogP) is 2.55. The summed E-state index contributed by atoms with van der Waals surface area (Å²) in [6.07, 6.45) is 0. The molecule has 1 heterocycles. The number of nitrogen functional groups attached to an aromatic ring is 1. The molecule has 5 nitrogen and oxygen atoms in total. The van der Waals surface area contributed by atoms with Crippen molar-refractivity contribution in [3.63, 3.8) is 0 Å². The number of hydrogen-bond acceptors (Lipinski definition) is 3. The van der Waals surface area contributed by atoms with Gasteiger partial charge in [-0.3, -0.25) is 10.1 Å². The fourth-order valence-corrected chi connectivity index (χ4v) is 2.14. The minimum absolute atomic E-state index is 0.0189. The molecule has 0 unspecified atom stereocenters. The van der Waals surface area contributed by atoms with Crippen molar-refractivity contribution in [1.82, 2.24) is 9.78 Å². The molecule has 0 radical (unpaired) electrons. The molecule has 0 saturated carbocycles. The van der Waals surface area contributed by atoms with Gasteiger partial charge in [0.15, 0.2) is 0 Å². The van der Waals surface area contributed by atoms with Gasteiger partial charge in [-0.15, -0.1) is 0 Å². The van der Waals surface area contributed by atoms with Gasteiger partial charge in [0.25, 0.3) is 0 Å². The van der Waals surface area contributed by atoms with Gasteiger partial charge in [-0.05, 0) is 25.5 Å². The van der Waals surface area contributed by atoms with E-state index in [4.69, 9.17) is 27.5 Å². The normalized spacial score (nSPS) is 10.6. The van der Waals surface area contributed by atoms with Gasteiger partial charge in [-0.25, -0.2) is 0 Å². The molecule has 0 fully saturated rings. The van der Waals surface area contributed by atoms with Crippen molar-refractivity contribution in [1.29, 1.82) is 5.41 Å². The second-order valence-corrected chi connectivity index (χ2v) is 5.02. The van der Waals surface area contributed by atoms with Gasteiger partial charge in [0.2, 0.25) is 0 Å². The van der Waals surface area contributed by atoms with Crippen LogP contribution in [0.2, 0.25) is 5.15 Å². The molecule has 0 amide bonds. The van der Waals surface area contributed by atoms with E-state index >= 15 is 0 Å². The molecule has 0 aliphatic heterocycles. The fraction of sp³-hybridized carbons (Fsp3) is 0.286.